The molecule has 0 bridgehead atoms. The Hall–Kier alpha value is -2.26. The van der Waals surface area contributed by atoms with Crippen molar-refractivity contribution in [2.24, 2.45) is 7.05 Å². The fourth-order valence-electron chi connectivity index (χ4n) is 2.73. The summed E-state index contributed by atoms with van der Waals surface area (Å²) in [5.74, 6) is -0.475. The highest BCUT2D eigenvalue weighted by atomic mass is 16.7. The molecular formula is C14H19N5O4. The van der Waals surface area contributed by atoms with Crippen molar-refractivity contribution >= 4 is 17.1 Å². The van der Waals surface area contributed by atoms with Crippen molar-refractivity contribution < 1.29 is 14.4 Å². The second-order valence-corrected chi connectivity index (χ2v) is 5.44. The maximum absolute atomic E-state index is 12.6. The summed E-state index contributed by atoms with van der Waals surface area (Å²) in [5, 5.41) is 1.04. The maximum atomic E-state index is 12.6. The van der Waals surface area contributed by atoms with Gasteiger partial charge in [-0.25, -0.2) is 19.8 Å². The van der Waals surface area contributed by atoms with Crippen molar-refractivity contribution in [2.75, 3.05) is 27.4 Å². The van der Waals surface area contributed by atoms with Crippen LogP contribution in [0.3, 0.4) is 0 Å². The number of carbonyl (C=O) groups is 1. The lowest BCUT2D eigenvalue weighted by molar-refractivity contribution is -0.0764. The molecule has 0 spiro atoms. The molecule has 0 saturated carbocycles. The Kier molecular flexibility index (Phi) is 4.14. The van der Waals surface area contributed by atoms with E-state index in [0.717, 1.165) is 17.9 Å². The standard InChI is InChI=1S/C14H19N5O4/c1-17-10-8-15-11(13(20)18(2)22-3)16-12(10)19(14(17)21)9-4-6-23-7-5-9/h8-9H,4-7H2,1-3H3. The fraction of sp³-hybridized carbons (Fsp3) is 0.571. The first kappa shape index (κ1) is 15.6. The van der Waals surface area contributed by atoms with Crippen LogP contribution in [0.25, 0.3) is 11.2 Å². The Labute approximate surface area is 132 Å². The van der Waals surface area contributed by atoms with E-state index in [-0.39, 0.29) is 17.6 Å². The quantitative estimate of drug-likeness (QED) is 0.746. The van der Waals surface area contributed by atoms with Crippen LogP contribution in [0.2, 0.25) is 0 Å². The van der Waals surface area contributed by atoms with Crippen LogP contribution < -0.4 is 5.69 Å². The van der Waals surface area contributed by atoms with Gasteiger partial charge in [0.15, 0.2) is 5.65 Å². The molecule has 0 atom stereocenters. The van der Waals surface area contributed by atoms with Crippen LogP contribution in [0.4, 0.5) is 0 Å². The third-order valence-corrected chi connectivity index (χ3v) is 4.14. The third kappa shape index (κ3) is 2.62. The van der Waals surface area contributed by atoms with Gasteiger partial charge in [-0.15, -0.1) is 0 Å². The SMILES string of the molecule is CON(C)C(=O)c1ncc2c(n1)n(C1CCOCC1)c(=O)n2C. The zero-order chi connectivity index (χ0) is 16.6. The highest BCUT2D eigenvalue weighted by molar-refractivity contribution is 5.91. The number of aromatic nitrogens is 4. The molecule has 0 radical (unpaired) electrons. The minimum Gasteiger partial charge on any atom is -0.381 e. The van der Waals surface area contributed by atoms with Gasteiger partial charge in [-0.2, -0.15) is 0 Å². The number of nitrogens with zero attached hydrogens (tertiary/aromatic N) is 5. The lowest BCUT2D eigenvalue weighted by Crippen LogP contribution is -2.30. The molecule has 9 heteroatoms. The predicted octanol–water partition coefficient (Wildman–Crippen LogP) is 0.115. The van der Waals surface area contributed by atoms with Crippen LogP contribution in [0.15, 0.2) is 11.0 Å². The highest BCUT2D eigenvalue weighted by Gasteiger charge is 2.24. The molecule has 3 rings (SSSR count). The normalized spacial score (nSPS) is 16.0. The van der Waals surface area contributed by atoms with Gasteiger partial charge in [-0.1, -0.05) is 0 Å². The molecule has 124 valence electrons. The average molecular weight is 321 g/mol. The van der Waals surface area contributed by atoms with E-state index in [0.29, 0.717) is 24.4 Å². The van der Waals surface area contributed by atoms with Crippen molar-refractivity contribution in [1.82, 2.24) is 24.2 Å². The summed E-state index contributed by atoms with van der Waals surface area (Å²) in [7, 11) is 4.54. The number of hydrogen-bond donors (Lipinski definition) is 0. The van der Waals surface area contributed by atoms with Gasteiger partial charge >= 0.3 is 11.6 Å². The van der Waals surface area contributed by atoms with Crippen molar-refractivity contribution in [1.29, 1.82) is 0 Å². The van der Waals surface area contributed by atoms with E-state index in [4.69, 9.17) is 9.57 Å². The molecule has 3 heterocycles. The monoisotopic (exact) mass is 321 g/mol. The van der Waals surface area contributed by atoms with E-state index in [1.807, 2.05) is 0 Å². The van der Waals surface area contributed by atoms with Crippen LogP contribution in [0, 0.1) is 0 Å². The summed E-state index contributed by atoms with van der Waals surface area (Å²) in [6.07, 6.45) is 2.98. The van der Waals surface area contributed by atoms with E-state index in [1.54, 1.807) is 11.6 Å². The molecule has 23 heavy (non-hydrogen) atoms. The number of rotatable bonds is 3. The molecule has 1 fully saturated rings. The van der Waals surface area contributed by atoms with Gasteiger partial charge in [0.25, 0.3) is 0 Å². The number of carbonyl (C=O) groups excluding carboxylic acids is 1. The Balaban J connectivity index is 2.13. The van der Waals surface area contributed by atoms with Crippen LogP contribution in [0.1, 0.15) is 29.5 Å². The number of amides is 1. The van der Waals surface area contributed by atoms with Gasteiger partial charge in [-0.3, -0.25) is 18.8 Å². The fourth-order valence-corrected chi connectivity index (χ4v) is 2.73. The predicted molar refractivity (Wildman–Crippen MR) is 81.0 cm³/mol. The van der Waals surface area contributed by atoms with Gasteiger partial charge in [-0.05, 0) is 12.8 Å². The second kappa shape index (κ2) is 6.09. The molecule has 0 aliphatic carbocycles. The molecule has 1 amide bonds. The van der Waals surface area contributed by atoms with Crippen LogP contribution >= 0.6 is 0 Å². The molecule has 0 aromatic carbocycles. The van der Waals surface area contributed by atoms with Crippen LogP contribution in [-0.2, 0) is 16.6 Å². The average Bonchev–Trinajstić information content (AvgIpc) is 2.84. The van der Waals surface area contributed by atoms with Crippen molar-refractivity contribution in [2.45, 2.75) is 18.9 Å². The molecule has 0 unspecified atom stereocenters. The Morgan fingerprint density at radius 3 is 2.78 bits per heavy atom. The van der Waals surface area contributed by atoms with Crippen LogP contribution in [0.5, 0.6) is 0 Å². The molecule has 1 aliphatic heterocycles. The van der Waals surface area contributed by atoms with E-state index < -0.39 is 5.91 Å². The number of fused-ring (bicyclic) bond motifs is 1. The first-order valence-electron chi connectivity index (χ1n) is 7.38. The minimum atomic E-state index is -0.468. The lowest BCUT2D eigenvalue weighted by Gasteiger charge is -2.22. The topological polar surface area (TPSA) is 91.5 Å². The van der Waals surface area contributed by atoms with Crippen molar-refractivity contribution in [3.8, 4) is 0 Å². The summed E-state index contributed by atoms with van der Waals surface area (Å²) < 4.78 is 8.50. The van der Waals surface area contributed by atoms with E-state index in [1.165, 1.54) is 24.9 Å². The summed E-state index contributed by atoms with van der Waals surface area (Å²) >= 11 is 0. The van der Waals surface area contributed by atoms with Gasteiger partial charge in [0.05, 0.1) is 13.3 Å². The molecule has 0 N–H and O–H groups in total. The van der Waals surface area contributed by atoms with E-state index >= 15 is 0 Å². The van der Waals surface area contributed by atoms with Crippen LogP contribution in [-0.4, -0.2) is 57.4 Å². The Morgan fingerprint density at radius 2 is 2.13 bits per heavy atom. The van der Waals surface area contributed by atoms with E-state index in [9.17, 15) is 9.59 Å². The zero-order valence-electron chi connectivity index (χ0n) is 13.4. The number of hydrogen-bond acceptors (Lipinski definition) is 6. The number of hydroxylamine groups is 2. The van der Waals surface area contributed by atoms with Crippen molar-refractivity contribution in [3.05, 3.63) is 22.5 Å². The van der Waals surface area contributed by atoms with Gasteiger partial charge < -0.3 is 4.74 Å². The molecular weight excluding hydrogens is 302 g/mol. The first-order chi connectivity index (χ1) is 11.0. The number of ether oxygens (including phenoxy) is 1. The summed E-state index contributed by atoms with van der Waals surface area (Å²) in [6, 6.07) is 0.0120. The summed E-state index contributed by atoms with van der Waals surface area (Å²) in [4.78, 5) is 38.0. The Morgan fingerprint density at radius 1 is 1.43 bits per heavy atom. The third-order valence-electron chi connectivity index (χ3n) is 4.14. The van der Waals surface area contributed by atoms with Gasteiger partial charge in [0, 0.05) is 33.4 Å². The number of imidazole rings is 1. The Bertz CT molecular complexity index is 790. The smallest absolute Gasteiger partial charge is 0.330 e. The van der Waals surface area contributed by atoms with Crippen molar-refractivity contribution in [3.63, 3.8) is 0 Å². The first-order valence-corrected chi connectivity index (χ1v) is 7.38. The zero-order valence-corrected chi connectivity index (χ0v) is 13.4. The molecule has 1 aliphatic rings. The number of aryl methyl sites for hydroxylation is 1. The molecule has 1 saturated heterocycles. The van der Waals surface area contributed by atoms with E-state index in [2.05, 4.69) is 9.97 Å². The molecule has 2 aromatic heterocycles. The minimum absolute atomic E-state index is 0.00624. The summed E-state index contributed by atoms with van der Waals surface area (Å²) in [6.45, 7) is 1.22. The maximum Gasteiger partial charge on any atom is 0.330 e. The summed E-state index contributed by atoms with van der Waals surface area (Å²) in [5.41, 5.74) is 0.899. The lowest BCUT2D eigenvalue weighted by atomic mass is 10.1. The van der Waals surface area contributed by atoms with Gasteiger partial charge in [0.1, 0.15) is 5.52 Å². The molecule has 9 nitrogen and oxygen atoms in total. The largest absolute Gasteiger partial charge is 0.381 e. The highest BCUT2D eigenvalue weighted by Crippen LogP contribution is 2.23. The van der Waals surface area contributed by atoms with Gasteiger partial charge in [0.2, 0.25) is 5.82 Å². The second-order valence-electron chi connectivity index (χ2n) is 5.44. The molecule has 2 aromatic rings.